The van der Waals surface area contributed by atoms with Gasteiger partial charge in [0.05, 0.1) is 12.4 Å². The van der Waals surface area contributed by atoms with E-state index in [2.05, 4.69) is 9.97 Å². The maximum Gasteiger partial charge on any atom is 0.185 e. The van der Waals surface area contributed by atoms with Crippen LogP contribution in [-0.2, 0) is 0 Å². The highest BCUT2D eigenvalue weighted by Gasteiger charge is 2.27. The Morgan fingerprint density at radius 1 is 1.38 bits per heavy atom. The van der Waals surface area contributed by atoms with E-state index >= 15 is 0 Å². The van der Waals surface area contributed by atoms with Crippen LogP contribution in [-0.4, -0.2) is 15.8 Å². The summed E-state index contributed by atoms with van der Waals surface area (Å²) in [6.07, 6.45) is 5.99. The van der Waals surface area contributed by atoms with E-state index in [4.69, 9.17) is 11.6 Å². The summed E-state index contributed by atoms with van der Waals surface area (Å²) in [5, 5.41) is 0.324. The SMILES string of the molecule is O=C(c1cnc(Cl)cn1)C1CCC1. The molecule has 0 radical (unpaired) electrons. The summed E-state index contributed by atoms with van der Waals surface area (Å²) in [6, 6.07) is 0. The van der Waals surface area contributed by atoms with Gasteiger partial charge in [-0.25, -0.2) is 9.97 Å². The number of Topliss-reactive ketones (excluding diaryl/α,β-unsaturated/α-hetero) is 1. The monoisotopic (exact) mass is 196 g/mol. The third-order valence-corrected chi connectivity index (χ3v) is 2.54. The molecule has 68 valence electrons. The van der Waals surface area contributed by atoms with Gasteiger partial charge < -0.3 is 0 Å². The van der Waals surface area contributed by atoms with Gasteiger partial charge in [0.1, 0.15) is 10.8 Å². The molecule has 1 heterocycles. The van der Waals surface area contributed by atoms with Gasteiger partial charge in [-0.15, -0.1) is 0 Å². The topological polar surface area (TPSA) is 42.9 Å². The van der Waals surface area contributed by atoms with Crippen molar-refractivity contribution in [2.24, 2.45) is 5.92 Å². The van der Waals surface area contributed by atoms with Gasteiger partial charge in [0.25, 0.3) is 0 Å². The van der Waals surface area contributed by atoms with E-state index in [1.165, 1.54) is 12.4 Å². The van der Waals surface area contributed by atoms with Crippen molar-refractivity contribution in [2.75, 3.05) is 0 Å². The van der Waals surface area contributed by atoms with Gasteiger partial charge in [0.15, 0.2) is 5.78 Å². The minimum atomic E-state index is 0.107. The molecule has 3 nitrogen and oxygen atoms in total. The van der Waals surface area contributed by atoms with E-state index in [9.17, 15) is 4.79 Å². The Bertz CT molecular complexity index is 319. The molecule has 0 aliphatic heterocycles. The van der Waals surface area contributed by atoms with Crippen LogP contribution in [0.15, 0.2) is 12.4 Å². The van der Waals surface area contributed by atoms with Gasteiger partial charge in [0.2, 0.25) is 0 Å². The van der Waals surface area contributed by atoms with Crippen LogP contribution in [0, 0.1) is 5.92 Å². The van der Waals surface area contributed by atoms with Crippen LogP contribution in [0.2, 0.25) is 5.15 Å². The Morgan fingerprint density at radius 3 is 2.62 bits per heavy atom. The molecule has 1 aliphatic carbocycles. The molecule has 1 fully saturated rings. The van der Waals surface area contributed by atoms with Crippen molar-refractivity contribution < 1.29 is 4.79 Å². The Balaban J connectivity index is 2.15. The standard InChI is InChI=1S/C9H9ClN2O/c10-8-5-11-7(4-12-8)9(13)6-2-1-3-6/h4-6H,1-3H2. The molecular formula is C9H9ClN2O. The van der Waals surface area contributed by atoms with E-state index < -0.39 is 0 Å². The van der Waals surface area contributed by atoms with Crippen LogP contribution < -0.4 is 0 Å². The minimum Gasteiger partial charge on any atom is -0.292 e. The van der Waals surface area contributed by atoms with E-state index in [-0.39, 0.29) is 11.7 Å². The lowest BCUT2D eigenvalue weighted by atomic mass is 9.81. The molecule has 1 aliphatic rings. The van der Waals surface area contributed by atoms with Gasteiger partial charge in [-0.3, -0.25) is 4.79 Å². The van der Waals surface area contributed by atoms with Crippen molar-refractivity contribution >= 4 is 17.4 Å². The summed E-state index contributed by atoms with van der Waals surface area (Å²) < 4.78 is 0. The number of halogens is 1. The summed E-state index contributed by atoms with van der Waals surface area (Å²) in [7, 11) is 0. The average Bonchev–Trinajstić information content (AvgIpc) is 2.02. The van der Waals surface area contributed by atoms with Crippen molar-refractivity contribution in [3.05, 3.63) is 23.2 Å². The van der Waals surface area contributed by atoms with Gasteiger partial charge in [-0.2, -0.15) is 0 Å². The Morgan fingerprint density at radius 2 is 2.15 bits per heavy atom. The highest BCUT2D eigenvalue weighted by Crippen LogP contribution is 2.29. The third kappa shape index (κ3) is 1.70. The second kappa shape index (κ2) is 3.42. The summed E-state index contributed by atoms with van der Waals surface area (Å²) >= 11 is 5.56. The molecular weight excluding hydrogens is 188 g/mol. The molecule has 1 saturated carbocycles. The molecule has 0 saturated heterocycles. The van der Waals surface area contributed by atoms with Gasteiger partial charge in [-0.1, -0.05) is 18.0 Å². The fraction of sp³-hybridized carbons (Fsp3) is 0.444. The number of carbonyl (C=O) groups excluding carboxylic acids is 1. The quantitative estimate of drug-likeness (QED) is 0.681. The second-order valence-corrected chi connectivity index (χ2v) is 3.60. The maximum atomic E-state index is 11.6. The normalized spacial score (nSPS) is 16.7. The highest BCUT2D eigenvalue weighted by atomic mass is 35.5. The van der Waals surface area contributed by atoms with Crippen molar-refractivity contribution in [3.8, 4) is 0 Å². The highest BCUT2D eigenvalue weighted by molar-refractivity contribution is 6.29. The Labute approximate surface area is 81.2 Å². The summed E-state index contributed by atoms with van der Waals surface area (Å²) in [5.41, 5.74) is 0.439. The van der Waals surface area contributed by atoms with E-state index in [1.807, 2.05) is 0 Å². The lowest BCUT2D eigenvalue weighted by Gasteiger charge is -2.22. The van der Waals surface area contributed by atoms with E-state index in [0.29, 0.717) is 10.8 Å². The molecule has 0 bridgehead atoms. The van der Waals surface area contributed by atoms with Crippen molar-refractivity contribution in [3.63, 3.8) is 0 Å². The van der Waals surface area contributed by atoms with Crippen LogP contribution >= 0.6 is 11.6 Å². The molecule has 4 heteroatoms. The van der Waals surface area contributed by atoms with Gasteiger partial charge >= 0.3 is 0 Å². The zero-order valence-corrected chi connectivity index (χ0v) is 7.79. The number of hydrogen-bond acceptors (Lipinski definition) is 3. The van der Waals surface area contributed by atoms with E-state index in [1.54, 1.807) is 0 Å². The summed E-state index contributed by atoms with van der Waals surface area (Å²) in [5.74, 6) is 0.283. The minimum absolute atomic E-state index is 0.107. The van der Waals surface area contributed by atoms with Crippen LogP contribution in [0.3, 0.4) is 0 Å². The fourth-order valence-electron chi connectivity index (χ4n) is 1.32. The molecule has 0 spiro atoms. The maximum absolute atomic E-state index is 11.6. The smallest absolute Gasteiger partial charge is 0.185 e. The first-order valence-corrected chi connectivity index (χ1v) is 4.67. The molecule has 0 atom stereocenters. The molecule has 1 aromatic heterocycles. The number of hydrogen-bond donors (Lipinski definition) is 0. The Kier molecular flexibility index (Phi) is 2.27. The summed E-state index contributed by atoms with van der Waals surface area (Å²) in [6.45, 7) is 0. The second-order valence-electron chi connectivity index (χ2n) is 3.22. The number of carbonyl (C=O) groups is 1. The molecule has 0 N–H and O–H groups in total. The van der Waals surface area contributed by atoms with Crippen molar-refractivity contribution in [2.45, 2.75) is 19.3 Å². The van der Waals surface area contributed by atoms with Crippen LogP contribution in [0.5, 0.6) is 0 Å². The Hall–Kier alpha value is -0.960. The largest absolute Gasteiger partial charge is 0.292 e. The lowest BCUT2D eigenvalue weighted by Crippen LogP contribution is -2.22. The van der Waals surface area contributed by atoms with E-state index in [0.717, 1.165) is 19.3 Å². The number of nitrogens with zero attached hydrogens (tertiary/aromatic N) is 2. The zero-order chi connectivity index (χ0) is 9.26. The molecule has 13 heavy (non-hydrogen) atoms. The van der Waals surface area contributed by atoms with Crippen LogP contribution in [0.25, 0.3) is 0 Å². The summed E-state index contributed by atoms with van der Waals surface area (Å²) in [4.78, 5) is 19.4. The fourth-order valence-corrected chi connectivity index (χ4v) is 1.42. The zero-order valence-electron chi connectivity index (χ0n) is 7.03. The van der Waals surface area contributed by atoms with Gasteiger partial charge in [0, 0.05) is 5.92 Å². The van der Waals surface area contributed by atoms with Crippen molar-refractivity contribution in [1.29, 1.82) is 0 Å². The third-order valence-electron chi connectivity index (χ3n) is 2.35. The number of ketones is 1. The van der Waals surface area contributed by atoms with Gasteiger partial charge in [-0.05, 0) is 12.8 Å². The molecule has 1 aromatic rings. The van der Waals surface area contributed by atoms with Crippen molar-refractivity contribution in [1.82, 2.24) is 9.97 Å². The molecule has 0 aromatic carbocycles. The number of rotatable bonds is 2. The number of aromatic nitrogens is 2. The predicted octanol–water partition coefficient (Wildman–Crippen LogP) is 2.11. The van der Waals surface area contributed by atoms with Crippen LogP contribution in [0.1, 0.15) is 29.8 Å². The van der Waals surface area contributed by atoms with Crippen LogP contribution in [0.4, 0.5) is 0 Å². The predicted molar refractivity (Wildman–Crippen MR) is 48.7 cm³/mol. The first-order chi connectivity index (χ1) is 6.27. The lowest BCUT2D eigenvalue weighted by molar-refractivity contribution is 0.0849. The first kappa shape index (κ1) is 8.63. The average molecular weight is 197 g/mol. The first-order valence-electron chi connectivity index (χ1n) is 4.29. The molecule has 0 unspecified atom stereocenters. The molecule has 2 rings (SSSR count). The molecule has 0 amide bonds.